The minimum atomic E-state index is -4.40. The number of nitrogens with one attached hydrogen (secondary N) is 4. The Bertz CT molecular complexity index is 1230. The van der Waals surface area contributed by atoms with Gasteiger partial charge >= 0.3 is 0 Å². The molecule has 0 unspecified atom stereocenters. The highest BCUT2D eigenvalue weighted by Gasteiger charge is 2.23. The van der Waals surface area contributed by atoms with Gasteiger partial charge in [-0.25, -0.2) is 22.2 Å². The van der Waals surface area contributed by atoms with Gasteiger partial charge in [0, 0.05) is 36.4 Å². The van der Waals surface area contributed by atoms with Crippen molar-refractivity contribution in [3.05, 3.63) is 63.1 Å². The Hall–Kier alpha value is -2.18. The number of benzene rings is 2. The summed E-state index contributed by atoms with van der Waals surface area (Å²) in [6.07, 6.45) is 1.24. The van der Waals surface area contributed by atoms with E-state index in [1.165, 1.54) is 6.20 Å². The predicted octanol–water partition coefficient (Wildman–Crippen LogP) is 5.16. The van der Waals surface area contributed by atoms with Gasteiger partial charge in [-0.15, -0.1) is 0 Å². The van der Waals surface area contributed by atoms with Crippen LogP contribution in [0.3, 0.4) is 0 Å². The molecule has 33 heavy (non-hydrogen) atoms. The number of nitrogens with zero attached hydrogens (tertiary/aromatic N) is 1. The summed E-state index contributed by atoms with van der Waals surface area (Å²) in [4.78, 5) is 2.91. The molecule has 2 aromatic carbocycles. The maximum atomic E-state index is 14.7. The van der Waals surface area contributed by atoms with E-state index >= 15 is 0 Å². The molecule has 0 amide bonds. The van der Waals surface area contributed by atoms with Crippen molar-refractivity contribution in [2.75, 3.05) is 35.0 Å². The molecule has 3 aromatic rings. The fourth-order valence-corrected chi connectivity index (χ4v) is 5.16. The van der Waals surface area contributed by atoms with E-state index in [1.54, 1.807) is 18.2 Å². The zero-order valence-corrected chi connectivity index (χ0v) is 20.5. The van der Waals surface area contributed by atoms with Crippen LogP contribution in [0.1, 0.15) is 12.5 Å². The third-order valence-electron chi connectivity index (χ3n) is 4.42. The molecule has 0 aliphatic rings. The zero-order valence-electron chi connectivity index (χ0n) is 17.4. The van der Waals surface area contributed by atoms with E-state index in [-0.39, 0.29) is 21.7 Å². The molecule has 13 heteroatoms. The maximum absolute atomic E-state index is 14.7. The molecule has 0 saturated heterocycles. The van der Waals surface area contributed by atoms with Crippen molar-refractivity contribution in [1.29, 1.82) is 0 Å². The van der Waals surface area contributed by atoms with Crippen molar-refractivity contribution < 1.29 is 17.2 Å². The summed E-state index contributed by atoms with van der Waals surface area (Å²) in [7, 11) is -4.40. The lowest BCUT2D eigenvalue weighted by molar-refractivity contribution is 0.557. The normalized spacial score (nSPS) is 11.4. The molecule has 1 heterocycles. The van der Waals surface area contributed by atoms with Crippen LogP contribution >= 0.6 is 34.5 Å². The summed E-state index contributed by atoms with van der Waals surface area (Å²) < 4.78 is 56.5. The largest absolute Gasteiger partial charge is 0.383 e. The van der Waals surface area contributed by atoms with Crippen LogP contribution in [0.25, 0.3) is 0 Å². The molecule has 0 saturated carbocycles. The molecule has 178 valence electrons. The molecule has 0 fully saturated rings. The second-order valence-electron chi connectivity index (χ2n) is 6.77. The second kappa shape index (κ2) is 11.3. The first-order valence-electron chi connectivity index (χ1n) is 9.79. The molecule has 1 aromatic heterocycles. The highest BCUT2D eigenvalue weighted by molar-refractivity contribution is 7.93. The van der Waals surface area contributed by atoms with E-state index in [0.717, 1.165) is 41.7 Å². The van der Waals surface area contributed by atoms with Gasteiger partial charge in [0.2, 0.25) is 0 Å². The number of hydrogen-bond acceptors (Lipinski definition) is 7. The van der Waals surface area contributed by atoms with E-state index in [0.29, 0.717) is 17.6 Å². The van der Waals surface area contributed by atoms with Crippen molar-refractivity contribution in [2.24, 2.45) is 0 Å². The van der Waals surface area contributed by atoms with Gasteiger partial charge in [0.15, 0.2) is 5.13 Å². The van der Waals surface area contributed by atoms with Crippen LogP contribution in [-0.4, -0.2) is 33.0 Å². The summed E-state index contributed by atoms with van der Waals surface area (Å²) in [6.45, 7) is 4.39. The van der Waals surface area contributed by atoms with Crippen molar-refractivity contribution in [1.82, 2.24) is 10.3 Å². The lowest BCUT2D eigenvalue weighted by Gasteiger charge is -2.15. The first-order chi connectivity index (χ1) is 15.7. The van der Waals surface area contributed by atoms with Gasteiger partial charge in [-0.1, -0.05) is 47.5 Å². The van der Waals surface area contributed by atoms with E-state index in [9.17, 15) is 17.2 Å². The first kappa shape index (κ1) is 25.4. The summed E-state index contributed by atoms with van der Waals surface area (Å²) >= 11 is 12.7. The highest BCUT2D eigenvalue weighted by Crippen LogP contribution is 2.29. The lowest BCUT2D eigenvalue weighted by atomic mass is 10.1. The van der Waals surface area contributed by atoms with Crippen LogP contribution < -0.4 is 20.7 Å². The van der Waals surface area contributed by atoms with Gasteiger partial charge in [0.05, 0.1) is 11.9 Å². The molecule has 0 aliphatic carbocycles. The fourth-order valence-electron chi connectivity index (χ4n) is 2.86. The molecular weight excluding hydrogens is 515 g/mol. The van der Waals surface area contributed by atoms with Gasteiger partial charge in [-0.3, -0.25) is 4.72 Å². The Kier molecular flexibility index (Phi) is 8.71. The molecule has 0 radical (unpaired) electrons. The molecule has 0 atom stereocenters. The average Bonchev–Trinajstić information content (AvgIpc) is 3.16. The van der Waals surface area contributed by atoms with E-state index < -0.39 is 26.6 Å². The molecule has 7 nitrogen and oxygen atoms in total. The number of hydrogen-bond donors (Lipinski definition) is 4. The number of rotatable bonds is 11. The number of halogens is 4. The number of likely N-dealkylation sites (N-methyl/N-ethyl adjacent to an activating group) is 1. The van der Waals surface area contributed by atoms with Gasteiger partial charge in [0.1, 0.15) is 20.9 Å². The smallest absolute Gasteiger partial charge is 0.266 e. The third kappa shape index (κ3) is 6.90. The quantitative estimate of drug-likeness (QED) is 0.253. The number of sulfonamides is 1. The summed E-state index contributed by atoms with van der Waals surface area (Å²) in [6, 6.07) is 6.62. The van der Waals surface area contributed by atoms with Crippen LogP contribution in [0.5, 0.6) is 0 Å². The molecule has 0 aliphatic heterocycles. The fraction of sp³-hybridized carbons (Fsp3) is 0.250. The van der Waals surface area contributed by atoms with Crippen molar-refractivity contribution in [3.63, 3.8) is 0 Å². The molecular formula is C20H21Cl2F2N5O2S2. The number of aromatic nitrogens is 1. The summed E-state index contributed by atoms with van der Waals surface area (Å²) in [5.41, 5.74) is 1.34. The van der Waals surface area contributed by atoms with Gasteiger partial charge < -0.3 is 16.0 Å². The third-order valence-corrected chi connectivity index (χ3v) is 7.17. The topological polar surface area (TPSA) is 95.1 Å². The molecule has 0 spiro atoms. The first-order valence-corrected chi connectivity index (χ1v) is 12.8. The predicted molar refractivity (Wildman–Crippen MR) is 130 cm³/mol. The Labute approximate surface area is 204 Å². The van der Waals surface area contributed by atoms with Crippen LogP contribution in [0.2, 0.25) is 9.36 Å². The van der Waals surface area contributed by atoms with E-state index in [1.807, 2.05) is 6.92 Å². The number of anilines is 3. The van der Waals surface area contributed by atoms with Crippen LogP contribution in [0.4, 0.5) is 25.3 Å². The maximum Gasteiger partial charge on any atom is 0.266 e. The Morgan fingerprint density at radius 2 is 1.82 bits per heavy atom. The molecule has 0 bridgehead atoms. The van der Waals surface area contributed by atoms with Crippen LogP contribution in [0, 0.1) is 11.6 Å². The average molecular weight is 536 g/mol. The highest BCUT2D eigenvalue weighted by atomic mass is 35.5. The van der Waals surface area contributed by atoms with Crippen molar-refractivity contribution in [3.8, 4) is 0 Å². The monoisotopic (exact) mass is 535 g/mol. The van der Waals surface area contributed by atoms with Crippen molar-refractivity contribution >= 4 is 61.1 Å². The van der Waals surface area contributed by atoms with Gasteiger partial charge in [-0.05, 0) is 30.3 Å². The second-order valence-corrected chi connectivity index (χ2v) is 10.5. The Balaban J connectivity index is 1.75. The van der Waals surface area contributed by atoms with E-state index in [2.05, 4.69) is 25.7 Å². The molecule has 4 N–H and O–H groups in total. The van der Waals surface area contributed by atoms with Crippen molar-refractivity contribution in [2.45, 2.75) is 18.4 Å². The SMILES string of the molecule is CCNCCNc1cc(Cl)ccc1CNc1cc(F)c(S(=O)(=O)Nc2ncc(Cl)s2)cc1F. The molecule has 3 rings (SSSR count). The van der Waals surface area contributed by atoms with Gasteiger partial charge in [0.25, 0.3) is 10.0 Å². The lowest BCUT2D eigenvalue weighted by Crippen LogP contribution is -2.22. The standard InChI is InChI=1S/C20H21Cl2F2N5O2S2/c1-2-25-5-6-26-16-7-13(21)4-3-12(16)10-27-17-8-15(24)18(9-14(17)23)33(30,31)29-20-28-11-19(22)32-20/h3-4,7-9,11,25-27H,2,5-6,10H2,1H3,(H,28,29). The number of thiazole rings is 1. The van der Waals surface area contributed by atoms with Crippen LogP contribution in [0.15, 0.2) is 41.4 Å². The summed E-state index contributed by atoms with van der Waals surface area (Å²) in [5, 5.41) is 9.72. The minimum Gasteiger partial charge on any atom is -0.383 e. The van der Waals surface area contributed by atoms with Gasteiger partial charge in [-0.2, -0.15) is 0 Å². The van der Waals surface area contributed by atoms with E-state index in [4.69, 9.17) is 23.2 Å². The minimum absolute atomic E-state index is 0.0566. The summed E-state index contributed by atoms with van der Waals surface area (Å²) in [5.74, 6) is -2.04. The Morgan fingerprint density at radius 3 is 2.52 bits per heavy atom. The zero-order chi connectivity index (χ0) is 24.0. The Morgan fingerprint density at radius 1 is 1.03 bits per heavy atom. The van der Waals surface area contributed by atoms with Crippen LogP contribution in [-0.2, 0) is 16.6 Å².